The van der Waals surface area contributed by atoms with E-state index in [0.717, 1.165) is 6.29 Å². The van der Waals surface area contributed by atoms with Gasteiger partial charge < -0.3 is 66.0 Å². The van der Waals surface area contributed by atoms with Crippen LogP contribution in [0, 0.1) is 0 Å². The van der Waals surface area contributed by atoms with E-state index in [2.05, 4.69) is 35.1 Å². The van der Waals surface area contributed by atoms with Gasteiger partial charge in [0.25, 0.3) is 0 Å². The van der Waals surface area contributed by atoms with Crippen molar-refractivity contribution in [3.8, 4) is 0 Å². The highest BCUT2D eigenvalue weighted by Gasteiger charge is 2.16. The van der Waals surface area contributed by atoms with Crippen LogP contribution in [-0.4, -0.2) is 221 Å². The lowest BCUT2D eigenvalue weighted by atomic mass is 10.3. The molecule has 0 rings (SSSR count). The van der Waals surface area contributed by atoms with Gasteiger partial charge in [-0.25, -0.2) is 0 Å². The van der Waals surface area contributed by atoms with Crippen molar-refractivity contribution in [1.29, 1.82) is 0 Å². The molecule has 6 N–H and O–H groups in total. The highest BCUT2D eigenvalue weighted by atomic mass is 16.2. The molecule has 330 valence electrons. The molecule has 0 aromatic rings. The van der Waals surface area contributed by atoms with E-state index in [9.17, 15) is 33.6 Å². The molecule has 0 unspecified atom stereocenters. The third-order valence-electron chi connectivity index (χ3n) is 5.82. The molecule has 21 nitrogen and oxygen atoms in total. The number of nitrogens with one attached hydrogen (secondary N) is 4. The van der Waals surface area contributed by atoms with E-state index in [0.29, 0.717) is 70.5 Å². The highest BCUT2D eigenvalue weighted by Crippen LogP contribution is 1.97. The van der Waals surface area contributed by atoms with E-state index >= 15 is 0 Å². The zero-order valence-corrected chi connectivity index (χ0v) is 36.7. The Balaban J connectivity index is -0.000000110. The van der Waals surface area contributed by atoms with Gasteiger partial charge in [-0.1, -0.05) is 20.8 Å². The maximum absolute atomic E-state index is 11.5. The van der Waals surface area contributed by atoms with Gasteiger partial charge in [0, 0.05) is 87.7 Å². The smallest absolute Gasteiger partial charge is 0.242 e. The second-order valence-electron chi connectivity index (χ2n) is 12.0. The number of carbonyl (C=O) groups is 10. The minimum atomic E-state index is -0.287. The van der Waals surface area contributed by atoms with E-state index in [1.807, 2.05) is 7.05 Å². The minimum absolute atomic E-state index is 0.00296. The van der Waals surface area contributed by atoms with Gasteiger partial charge in [-0.2, -0.15) is 0 Å². The first-order valence-corrected chi connectivity index (χ1v) is 17.5. The molecular weight excluding hydrogens is 734 g/mol. The molecule has 0 saturated heterocycles. The summed E-state index contributed by atoms with van der Waals surface area (Å²) in [6.07, 6.45) is 4.42. The molecule has 0 heterocycles. The van der Waals surface area contributed by atoms with E-state index in [1.54, 1.807) is 92.1 Å². The minimum Gasteiger partial charge on any atom is -0.369 e. The Hall–Kier alpha value is -5.02. The molecule has 21 heteroatoms. The van der Waals surface area contributed by atoms with Gasteiger partial charge in [-0.3, -0.25) is 38.4 Å². The van der Waals surface area contributed by atoms with Crippen molar-refractivity contribution in [2.45, 2.75) is 46.1 Å². The lowest BCUT2D eigenvalue weighted by Crippen LogP contribution is -2.42. The predicted octanol–water partition coefficient (Wildman–Crippen LogP) is -3.31. The molecule has 0 aromatic heterocycles. The van der Waals surface area contributed by atoms with Crippen LogP contribution >= 0.6 is 0 Å². The molecule has 0 saturated carbocycles. The SMILES string of the molecule is CCC(=O)N(C)CCC(=O)N(C)CCC=O.CN(C)CC(=O)N(C)CC(=O)N(C)CC=O.CN(C)CC(N)=O.CNC(C)C.CNC=O.CNC=O.CNC=O. The lowest BCUT2D eigenvalue weighted by molar-refractivity contribution is -0.139. The Morgan fingerprint density at radius 3 is 1.20 bits per heavy atom. The van der Waals surface area contributed by atoms with Gasteiger partial charge in [0.15, 0.2) is 0 Å². The molecule has 0 aromatic carbocycles. The molecule has 0 aliphatic rings. The first-order chi connectivity index (χ1) is 26.0. The fourth-order valence-electron chi connectivity index (χ4n) is 2.55. The fourth-order valence-corrected chi connectivity index (χ4v) is 2.55. The molecule has 56 heavy (non-hydrogen) atoms. The molecule has 0 spiro atoms. The molecule has 0 bridgehead atoms. The number of amides is 8. The first-order valence-electron chi connectivity index (χ1n) is 17.5. The van der Waals surface area contributed by atoms with Crippen LogP contribution in [0.4, 0.5) is 0 Å². The number of aldehydes is 2. The van der Waals surface area contributed by atoms with E-state index in [-0.39, 0.29) is 49.2 Å². The molecule has 0 radical (unpaired) electrons. The van der Waals surface area contributed by atoms with Crippen LogP contribution < -0.4 is 27.0 Å². The summed E-state index contributed by atoms with van der Waals surface area (Å²) >= 11 is 0. The third kappa shape index (κ3) is 64.0. The van der Waals surface area contributed by atoms with Crippen molar-refractivity contribution in [3.05, 3.63) is 0 Å². The number of rotatable bonds is 19. The lowest BCUT2D eigenvalue weighted by Gasteiger charge is -2.21. The maximum Gasteiger partial charge on any atom is 0.242 e. The zero-order valence-electron chi connectivity index (χ0n) is 36.7. The summed E-state index contributed by atoms with van der Waals surface area (Å²) in [5.41, 5.74) is 4.81. The predicted molar refractivity (Wildman–Crippen MR) is 218 cm³/mol. The summed E-state index contributed by atoms with van der Waals surface area (Å²) in [7, 11) is 20.2. The van der Waals surface area contributed by atoms with Crippen molar-refractivity contribution in [2.75, 3.05) is 124 Å². The van der Waals surface area contributed by atoms with Gasteiger partial charge in [0.05, 0.1) is 26.2 Å². The normalized spacial score (nSPS) is 8.82. The van der Waals surface area contributed by atoms with E-state index in [4.69, 9.17) is 20.1 Å². The van der Waals surface area contributed by atoms with Gasteiger partial charge >= 0.3 is 0 Å². The molecular formula is C35H75N11O10. The average Bonchev–Trinajstić information content (AvgIpc) is 3.15. The maximum atomic E-state index is 11.5. The molecule has 0 fully saturated rings. The number of nitrogens with two attached hydrogens (primary N) is 1. The number of hydrogen-bond acceptors (Lipinski definition) is 13. The summed E-state index contributed by atoms with van der Waals surface area (Å²) in [5, 5.41) is 9.78. The van der Waals surface area contributed by atoms with Crippen molar-refractivity contribution < 1.29 is 47.9 Å². The first kappa shape index (κ1) is 65.8. The van der Waals surface area contributed by atoms with Crippen LogP contribution in [0.15, 0.2) is 0 Å². The largest absolute Gasteiger partial charge is 0.369 e. The average molecular weight is 810 g/mol. The zero-order chi connectivity index (χ0) is 45.7. The Kier molecular flexibility index (Phi) is 58.8. The Morgan fingerprint density at radius 1 is 0.554 bits per heavy atom. The Bertz CT molecular complexity index is 1020. The monoisotopic (exact) mass is 810 g/mol. The van der Waals surface area contributed by atoms with Gasteiger partial charge in [-0.05, 0) is 35.2 Å². The fraction of sp³-hybridized carbons (Fsp3) is 0.714. The van der Waals surface area contributed by atoms with Crippen LogP contribution in [-0.2, 0) is 47.9 Å². The van der Waals surface area contributed by atoms with Gasteiger partial charge in [-0.15, -0.1) is 0 Å². The van der Waals surface area contributed by atoms with Crippen LogP contribution in [0.25, 0.3) is 0 Å². The second-order valence-corrected chi connectivity index (χ2v) is 12.0. The molecule has 0 aliphatic carbocycles. The number of primary amides is 1. The van der Waals surface area contributed by atoms with Crippen molar-refractivity contribution in [3.63, 3.8) is 0 Å². The van der Waals surface area contributed by atoms with Crippen LogP contribution in [0.1, 0.15) is 40.0 Å². The topological polar surface area (TPSA) is 264 Å². The number of carbonyl (C=O) groups excluding carboxylic acids is 10. The number of hydrogen-bond donors (Lipinski definition) is 5. The van der Waals surface area contributed by atoms with Crippen molar-refractivity contribution in [2.24, 2.45) is 5.73 Å². The van der Waals surface area contributed by atoms with E-state index < -0.39 is 0 Å². The Labute approximate surface area is 335 Å². The van der Waals surface area contributed by atoms with Crippen LogP contribution in [0.3, 0.4) is 0 Å². The highest BCUT2D eigenvalue weighted by molar-refractivity contribution is 5.86. The standard InChI is InChI=1S/C11H20N2O3.C10H19N3O3.C4H10N2O.C4H11N.3C2H5NO/c1-4-10(15)13(3)8-6-11(16)12(2)7-5-9-14;1-11(2)7-9(15)13(4)8-10(16)12(3)5-6-14;1-6(2)3-4(5)7;1-4(2)5-3;3*1-3-2-4/h9H,4-8H2,1-3H3;6H,5,7-8H2,1-4H3;3H2,1-2H3,(H2,5,7);4-5H,1-3H3;3*2H,1H3,(H,3,4). The van der Waals surface area contributed by atoms with Crippen LogP contribution in [0.5, 0.6) is 0 Å². The van der Waals surface area contributed by atoms with Crippen molar-refractivity contribution in [1.82, 2.24) is 50.7 Å². The summed E-state index contributed by atoms with van der Waals surface area (Å²) in [6.45, 7) is 7.52. The van der Waals surface area contributed by atoms with Crippen LogP contribution in [0.2, 0.25) is 0 Å². The molecule has 0 atom stereocenters. The second kappa shape index (κ2) is 50.0. The summed E-state index contributed by atoms with van der Waals surface area (Å²) in [6, 6.07) is 0.634. The number of likely N-dealkylation sites (N-methyl/N-ethyl adjacent to an activating group) is 4. The summed E-state index contributed by atoms with van der Waals surface area (Å²) in [4.78, 5) is 112. The van der Waals surface area contributed by atoms with Gasteiger partial charge in [0.1, 0.15) is 12.6 Å². The summed E-state index contributed by atoms with van der Waals surface area (Å²) < 4.78 is 0. The molecule has 0 aliphatic heterocycles. The third-order valence-corrected chi connectivity index (χ3v) is 5.82. The summed E-state index contributed by atoms with van der Waals surface area (Å²) in [5.74, 6) is -0.675. The van der Waals surface area contributed by atoms with Crippen molar-refractivity contribution >= 4 is 61.3 Å². The quantitative estimate of drug-likeness (QED) is 0.0802. The van der Waals surface area contributed by atoms with Gasteiger partial charge in [0.2, 0.25) is 48.8 Å². The number of nitrogens with zero attached hydrogens (tertiary/aromatic N) is 6. The molecule has 8 amide bonds. The van der Waals surface area contributed by atoms with E-state index in [1.165, 1.54) is 21.7 Å². The Morgan fingerprint density at radius 2 is 0.929 bits per heavy atom.